The van der Waals surface area contributed by atoms with Crippen molar-refractivity contribution >= 4 is 34.7 Å². The number of nitrogens with zero attached hydrogens (tertiary/aromatic N) is 4. The Morgan fingerprint density at radius 2 is 2.04 bits per heavy atom. The molecule has 2 aromatic heterocycles. The first kappa shape index (κ1) is 18.6. The number of aromatic nitrogens is 1. The van der Waals surface area contributed by atoms with Crippen LogP contribution >= 0.6 is 11.3 Å². The molecule has 8 heteroatoms. The number of anilines is 1. The van der Waals surface area contributed by atoms with Crippen LogP contribution in [0.4, 0.5) is 5.69 Å². The minimum atomic E-state index is -0.560. The summed E-state index contributed by atoms with van der Waals surface area (Å²) in [6.45, 7) is 4.76. The molecule has 2 aliphatic rings. The number of amides is 3. The highest BCUT2D eigenvalue weighted by Gasteiger charge is 2.51. The molecule has 1 spiro atoms. The number of carbonyl (C=O) groups is 3. The first-order valence-corrected chi connectivity index (χ1v) is 10.2. The van der Waals surface area contributed by atoms with Crippen molar-refractivity contribution in [1.82, 2.24) is 14.8 Å². The molecule has 7 nitrogen and oxygen atoms in total. The van der Waals surface area contributed by atoms with Gasteiger partial charge in [0.15, 0.2) is 0 Å². The smallest absolute Gasteiger partial charge is 0.255 e. The largest absolute Gasteiger partial charge is 0.336 e. The zero-order chi connectivity index (χ0) is 19.9. The third kappa shape index (κ3) is 3.17. The van der Waals surface area contributed by atoms with Crippen LogP contribution in [0.25, 0.3) is 0 Å². The maximum atomic E-state index is 12.9. The Labute approximate surface area is 167 Å². The molecular weight excluding hydrogens is 376 g/mol. The highest BCUT2D eigenvalue weighted by Crippen LogP contribution is 2.35. The molecule has 2 saturated heterocycles. The monoisotopic (exact) mass is 398 g/mol. The number of carbonyl (C=O) groups excluding carboxylic acids is 3. The van der Waals surface area contributed by atoms with Crippen molar-refractivity contribution in [2.45, 2.75) is 25.8 Å². The van der Waals surface area contributed by atoms with Crippen LogP contribution in [0.3, 0.4) is 0 Å². The summed E-state index contributed by atoms with van der Waals surface area (Å²) in [6.07, 6.45) is 2.24. The fourth-order valence-corrected chi connectivity index (χ4v) is 4.75. The van der Waals surface area contributed by atoms with Gasteiger partial charge in [0, 0.05) is 37.3 Å². The van der Waals surface area contributed by atoms with Crippen LogP contribution in [-0.2, 0) is 9.59 Å². The maximum Gasteiger partial charge on any atom is 0.255 e. The van der Waals surface area contributed by atoms with Crippen LogP contribution in [0.5, 0.6) is 0 Å². The summed E-state index contributed by atoms with van der Waals surface area (Å²) >= 11 is 1.53. The van der Waals surface area contributed by atoms with E-state index < -0.39 is 5.54 Å². The van der Waals surface area contributed by atoms with Crippen LogP contribution in [0.15, 0.2) is 35.2 Å². The van der Waals surface area contributed by atoms with Gasteiger partial charge in [-0.2, -0.15) is 11.3 Å². The van der Waals surface area contributed by atoms with Crippen molar-refractivity contribution in [3.63, 3.8) is 0 Å². The van der Waals surface area contributed by atoms with E-state index in [1.54, 1.807) is 27.0 Å². The molecule has 146 valence electrons. The van der Waals surface area contributed by atoms with E-state index >= 15 is 0 Å². The molecule has 1 atom stereocenters. The SMILES string of the molecule is CC(=O)N1CC(=O)N(c2ccsc2)CC12CCN(C(=O)c1ccc(C)nc1)C2. The number of rotatable bonds is 2. The van der Waals surface area contributed by atoms with Crippen LogP contribution in [0.2, 0.25) is 0 Å². The molecule has 2 aromatic rings. The van der Waals surface area contributed by atoms with E-state index in [9.17, 15) is 14.4 Å². The van der Waals surface area contributed by atoms with E-state index in [0.29, 0.717) is 31.6 Å². The second-order valence-electron chi connectivity index (χ2n) is 7.46. The highest BCUT2D eigenvalue weighted by molar-refractivity contribution is 7.08. The number of pyridine rings is 1. The molecule has 1 unspecified atom stereocenters. The molecule has 4 heterocycles. The van der Waals surface area contributed by atoms with Gasteiger partial charge in [0.05, 0.1) is 23.3 Å². The Kier molecular flexibility index (Phi) is 4.66. The minimum Gasteiger partial charge on any atom is -0.336 e. The lowest BCUT2D eigenvalue weighted by Crippen LogP contribution is -2.67. The Morgan fingerprint density at radius 1 is 1.21 bits per heavy atom. The first-order chi connectivity index (χ1) is 13.4. The van der Waals surface area contributed by atoms with Crippen LogP contribution in [0, 0.1) is 6.92 Å². The lowest BCUT2D eigenvalue weighted by molar-refractivity contribution is -0.142. The van der Waals surface area contributed by atoms with Gasteiger partial charge in [-0.05, 0) is 36.9 Å². The third-order valence-corrected chi connectivity index (χ3v) is 6.27. The van der Waals surface area contributed by atoms with Crippen molar-refractivity contribution in [2.24, 2.45) is 0 Å². The van der Waals surface area contributed by atoms with Gasteiger partial charge < -0.3 is 14.7 Å². The van der Waals surface area contributed by atoms with E-state index in [0.717, 1.165) is 11.4 Å². The molecule has 0 aliphatic carbocycles. The van der Waals surface area contributed by atoms with Gasteiger partial charge in [-0.25, -0.2) is 0 Å². The van der Waals surface area contributed by atoms with E-state index in [-0.39, 0.29) is 24.3 Å². The van der Waals surface area contributed by atoms with Gasteiger partial charge in [-0.1, -0.05) is 0 Å². The standard InChI is InChI=1S/C20H22N4O3S/c1-14-3-4-16(9-21-14)19(27)22-7-6-20(12-22)13-23(17-5-8-28-11-17)18(26)10-24(20)15(2)25/h3-5,8-9,11H,6-7,10,12-13H2,1-2H3. The maximum absolute atomic E-state index is 12.9. The first-order valence-electron chi connectivity index (χ1n) is 9.22. The van der Waals surface area contributed by atoms with Crippen molar-refractivity contribution in [3.05, 3.63) is 46.4 Å². The molecule has 2 aliphatic heterocycles. The molecule has 2 fully saturated rings. The van der Waals surface area contributed by atoms with E-state index in [1.165, 1.54) is 18.3 Å². The molecule has 0 saturated carbocycles. The summed E-state index contributed by atoms with van der Waals surface area (Å²) in [5.74, 6) is -0.316. The fraction of sp³-hybridized carbons (Fsp3) is 0.400. The number of thiophene rings is 1. The van der Waals surface area contributed by atoms with Crippen molar-refractivity contribution in [3.8, 4) is 0 Å². The summed E-state index contributed by atoms with van der Waals surface area (Å²) in [7, 11) is 0. The normalized spacial score (nSPS) is 22.2. The molecule has 28 heavy (non-hydrogen) atoms. The van der Waals surface area contributed by atoms with Gasteiger partial charge >= 0.3 is 0 Å². The topological polar surface area (TPSA) is 73.8 Å². The lowest BCUT2D eigenvalue weighted by atomic mass is 9.92. The average molecular weight is 398 g/mol. The Morgan fingerprint density at radius 3 is 2.68 bits per heavy atom. The number of piperazine rings is 1. The van der Waals surface area contributed by atoms with Crippen molar-refractivity contribution in [2.75, 3.05) is 31.1 Å². The molecule has 3 amide bonds. The lowest BCUT2D eigenvalue weighted by Gasteiger charge is -2.47. The van der Waals surface area contributed by atoms with Crippen LogP contribution in [-0.4, -0.2) is 64.2 Å². The summed E-state index contributed by atoms with van der Waals surface area (Å²) in [4.78, 5) is 47.3. The fourth-order valence-electron chi connectivity index (χ4n) is 4.10. The minimum absolute atomic E-state index is 0.0410. The van der Waals surface area contributed by atoms with Crippen molar-refractivity contribution < 1.29 is 14.4 Å². The summed E-state index contributed by atoms with van der Waals surface area (Å²) in [6, 6.07) is 5.51. The summed E-state index contributed by atoms with van der Waals surface area (Å²) in [5, 5.41) is 3.87. The zero-order valence-electron chi connectivity index (χ0n) is 15.9. The van der Waals surface area contributed by atoms with Gasteiger partial charge in [0.2, 0.25) is 11.8 Å². The quantitative estimate of drug-likeness (QED) is 0.775. The number of aryl methyl sites for hydroxylation is 1. The number of hydrogen-bond acceptors (Lipinski definition) is 5. The molecular formula is C20H22N4O3S. The summed E-state index contributed by atoms with van der Waals surface area (Å²) < 4.78 is 0. The predicted molar refractivity (Wildman–Crippen MR) is 106 cm³/mol. The van der Waals surface area contributed by atoms with Gasteiger partial charge in [-0.3, -0.25) is 19.4 Å². The second kappa shape index (κ2) is 7.01. The predicted octanol–water partition coefficient (Wildman–Crippen LogP) is 1.93. The molecule has 4 rings (SSSR count). The molecule has 0 N–H and O–H groups in total. The van der Waals surface area contributed by atoms with Crippen LogP contribution < -0.4 is 4.90 Å². The molecule has 0 aromatic carbocycles. The zero-order valence-corrected chi connectivity index (χ0v) is 16.7. The Hall–Kier alpha value is -2.74. The van der Waals surface area contributed by atoms with E-state index in [1.807, 2.05) is 29.8 Å². The van der Waals surface area contributed by atoms with Gasteiger partial charge in [-0.15, -0.1) is 0 Å². The Bertz CT molecular complexity index is 912. The van der Waals surface area contributed by atoms with Gasteiger partial charge in [0.25, 0.3) is 5.91 Å². The summed E-state index contributed by atoms with van der Waals surface area (Å²) in [5.41, 5.74) is 1.69. The van der Waals surface area contributed by atoms with Gasteiger partial charge in [0.1, 0.15) is 6.54 Å². The third-order valence-electron chi connectivity index (χ3n) is 5.60. The number of hydrogen-bond donors (Lipinski definition) is 0. The van der Waals surface area contributed by atoms with E-state index in [4.69, 9.17) is 0 Å². The number of likely N-dealkylation sites (tertiary alicyclic amines) is 1. The van der Waals surface area contributed by atoms with Crippen LogP contribution in [0.1, 0.15) is 29.4 Å². The molecule has 0 radical (unpaired) electrons. The van der Waals surface area contributed by atoms with Crippen molar-refractivity contribution in [1.29, 1.82) is 0 Å². The highest BCUT2D eigenvalue weighted by atomic mass is 32.1. The average Bonchev–Trinajstić information content (AvgIpc) is 3.34. The second-order valence-corrected chi connectivity index (χ2v) is 8.24. The molecule has 0 bridgehead atoms. The van der Waals surface area contributed by atoms with E-state index in [2.05, 4.69) is 4.98 Å². The Balaban J connectivity index is 1.60.